The molecule has 15 heavy (non-hydrogen) atoms. The Labute approximate surface area is 89.4 Å². The van der Waals surface area contributed by atoms with Gasteiger partial charge in [-0.2, -0.15) is 0 Å². The van der Waals surface area contributed by atoms with E-state index in [2.05, 4.69) is 6.07 Å². The first-order chi connectivity index (χ1) is 7.27. The first kappa shape index (κ1) is 11.5. The number of hydrogen-bond donors (Lipinski definition) is 0. The number of hydrogen-bond acceptors (Lipinski definition) is 4. The van der Waals surface area contributed by atoms with Crippen LogP contribution in [0.2, 0.25) is 0 Å². The van der Waals surface area contributed by atoms with E-state index in [1.54, 1.807) is 19.1 Å². The molecule has 1 radical (unpaired) electrons. The summed E-state index contributed by atoms with van der Waals surface area (Å²) in [6, 6.07) is 10.1. The number of esters is 1. The Bertz CT molecular complexity index is 300. The third kappa shape index (κ3) is 3.59. The lowest BCUT2D eigenvalue weighted by molar-refractivity contribution is -0.142. The normalized spacial score (nSPS) is 9.73. The molecular formula is C11H14NO3. The molecule has 0 spiro atoms. The molecule has 1 aromatic rings. The first-order valence-corrected chi connectivity index (χ1v) is 4.71. The zero-order valence-electron chi connectivity index (χ0n) is 8.90. The average Bonchev–Trinajstić information content (AvgIpc) is 2.27. The second-order valence-corrected chi connectivity index (χ2v) is 2.79. The van der Waals surface area contributed by atoms with E-state index in [9.17, 15) is 4.79 Å². The maximum Gasteiger partial charge on any atom is 0.328 e. The van der Waals surface area contributed by atoms with Crippen LogP contribution in [0.5, 0.6) is 0 Å². The van der Waals surface area contributed by atoms with Crippen LogP contribution in [0.3, 0.4) is 0 Å². The standard InChI is InChI=1S/C11H14NO3/c1-3-15-11(13)9-12(14-2)10-7-5-4-6-8-10/h4-5,7-8H,3,9H2,1-2H3. The predicted molar refractivity (Wildman–Crippen MR) is 56.3 cm³/mol. The number of hydroxylamine groups is 1. The van der Waals surface area contributed by atoms with Crippen molar-refractivity contribution in [2.45, 2.75) is 6.92 Å². The number of carbonyl (C=O) groups excluding carboxylic acids is 1. The molecule has 0 aliphatic carbocycles. The van der Waals surface area contributed by atoms with Crippen LogP contribution in [0.1, 0.15) is 6.92 Å². The van der Waals surface area contributed by atoms with Crippen molar-refractivity contribution >= 4 is 11.7 Å². The molecule has 4 nitrogen and oxygen atoms in total. The van der Waals surface area contributed by atoms with Crippen LogP contribution < -0.4 is 5.06 Å². The third-order valence-electron chi connectivity index (χ3n) is 1.78. The molecule has 0 heterocycles. The Balaban J connectivity index is 2.61. The molecule has 4 heteroatoms. The number of nitrogens with zero attached hydrogens (tertiary/aromatic N) is 1. The monoisotopic (exact) mass is 208 g/mol. The molecule has 0 saturated heterocycles. The summed E-state index contributed by atoms with van der Waals surface area (Å²) in [4.78, 5) is 16.3. The Morgan fingerprint density at radius 1 is 1.60 bits per heavy atom. The van der Waals surface area contributed by atoms with Gasteiger partial charge in [0.25, 0.3) is 0 Å². The summed E-state index contributed by atoms with van der Waals surface area (Å²) < 4.78 is 4.82. The fraction of sp³-hybridized carbons (Fsp3) is 0.364. The van der Waals surface area contributed by atoms with E-state index in [0.29, 0.717) is 6.61 Å². The molecule has 0 saturated carbocycles. The summed E-state index contributed by atoms with van der Waals surface area (Å²) in [6.07, 6.45) is 0. The van der Waals surface area contributed by atoms with Crippen molar-refractivity contribution in [2.75, 3.05) is 25.3 Å². The fourth-order valence-electron chi connectivity index (χ4n) is 1.12. The van der Waals surface area contributed by atoms with Crippen molar-refractivity contribution in [2.24, 2.45) is 0 Å². The first-order valence-electron chi connectivity index (χ1n) is 4.71. The van der Waals surface area contributed by atoms with Gasteiger partial charge in [-0.25, -0.2) is 5.06 Å². The minimum Gasteiger partial charge on any atom is -0.465 e. The number of carbonyl (C=O) groups is 1. The second kappa shape index (κ2) is 6.03. The van der Waals surface area contributed by atoms with Crippen molar-refractivity contribution < 1.29 is 14.4 Å². The van der Waals surface area contributed by atoms with Gasteiger partial charge in [-0.15, -0.1) is 0 Å². The minimum atomic E-state index is -0.316. The number of ether oxygens (including phenoxy) is 1. The van der Waals surface area contributed by atoms with E-state index < -0.39 is 0 Å². The van der Waals surface area contributed by atoms with Crippen LogP contribution in [-0.2, 0) is 14.4 Å². The molecule has 81 valence electrons. The van der Waals surface area contributed by atoms with Gasteiger partial charge in [-0.1, -0.05) is 12.1 Å². The summed E-state index contributed by atoms with van der Waals surface area (Å²) in [6.45, 7) is 2.21. The molecule has 0 unspecified atom stereocenters. The Hall–Kier alpha value is -1.55. The van der Waals surface area contributed by atoms with Gasteiger partial charge in [0.05, 0.1) is 19.4 Å². The van der Waals surface area contributed by atoms with Gasteiger partial charge in [-0.3, -0.25) is 9.63 Å². The SMILES string of the molecule is CCOC(=O)CN(OC)c1c[c]ccc1. The molecule has 0 bridgehead atoms. The van der Waals surface area contributed by atoms with E-state index in [1.807, 2.05) is 12.1 Å². The van der Waals surface area contributed by atoms with Gasteiger partial charge in [-0.05, 0) is 25.1 Å². The Kier molecular flexibility index (Phi) is 4.63. The van der Waals surface area contributed by atoms with Crippen LogP contribution in [0.4, 0.5) is 5.69 Å². The van der Waals surface area contributed by atoms with E-state index in [4.69, 9.17) is 9.57 Å². The topological polar surface area (TPSA) is 38.8 Å². The molecule has 0 fully saturated rings. The van der Waals surface area contributed by atoms with Gasteiger partial charge in [0, 0.05) is 0 Å². The van der Waals surface area contributed by atoms with Gasteiger partial charge in [0.15, 0.2) is 0 Å². The van der Waals surface area contributed by atoms with Crippen LogP contribution in [0.15, 0.2) is 24.3 Å². The van der Waals surface area contributed by atoms with Gasteiger partial charge in [0.1, 0.15) is 6.54 Å². The fourth-order valence-corrected chi connectivity index (χ4v) is 1.12. The highest BCUT2D eigenvalue weighted by Gasteiger charge is 2.11. The van der Waals surface area contributed by atoms with Crippen LogP contribution in [0, 0.1) is 6.07 Å². The summed E-state index contributed by atoms with van der Waals surface area (Å²) in [7, 11) is 1.51. The van der Waals surface area contributed by atoms with Crippen molar-refractivity contribution in [1.29, 1.82) is 0 Å². The van der Waals surface area contributed by atoms with Crippen LogP contribution in [0.25, 0.3) is 0 Å². The highest BCUT2D eigenvalue weighted by Crippen LogP contribution is 2.12. The maximum atomic E-state index is 11.2. The average molecular weight is 208 g/mol. The van der Waals surface area contributed by atoms with Gasteiger partial charge < -0.3 is 4.74 Å². The number of rotatable bonds is 5. The lowest BCUT2D eigenvalue weighted by Gasteiger charge is -2.20. The van der Waals surface area contributed by atoms with Gasteiger partial charge >= 0.3 is 5.97 Å². The molecular weight excluding hydrogens is 194 g/mol. The molecule has 0 aliphatic heterocycles. The summed E-state index contributed by atoms with van der Waals surface area (Å²) in [5.41, 5.74) is 0.771. The van der Waals surface area contributed by atoms with Crippen molar-refractivity contribution in [3.63, 3.8) is 0 Å². The summed E-state index contributed by atoms with van der Waals surface area (Å²) >= 11 is 0. The highest BCUT2D eigenvalue weighted by atomic mass is 16.7. The molecule has 0 N–H and O–H groups in total. The van der Waals surface area contributed by atoms with E-state index >= 15 is 0 Å². The van der Waals surface area contributed by atoms with Crippen molar-refractivity contribution in [3.05, 3.63) is 30.3 Å². The molecule has 0 aromatic heterocycles. The molecule has 0 atom stereocenters. The van der Waals surface area contributed by atoms with E-state index in [1.165, 1.54) is 12.2 Å². The third-order valence-corrected chi connectivity index (χ3v) is 1.78. The minimum absolute atomic E-state index is 0.0716. The second-order valence-electron chi connectivity index (χ2n) is 2.79. The largest absolute Gasteiger partial charge is 0.465 e. The molecule has 1 rings (SSSR count). The summed E-state index contributed by atoms with van der Waals surface area (Å²) in [5.74, 6) is -0.316. The van der Waals surface area contributed by atoms with Gasteiger partial charge in [0.2, 0.25) is 0 Å². The van der Waals surface area contributed by atoms with Crippen LogP contribution >= 0.6 is 0 Å². The number of benzene rings is 1. The zero-order valence-corrected chi connectivity index (χ0v) is 8.90. The quantitative estimate of drug-likeness (QED) is 0.542. The molecule has 0 aliphatic rings. The van der Waals surface area contributed by atoms with Crippen LogP contribution in [-0.4, -0.2) is 26.2 Å². The lowest BCUT2D eigenvalue weighted by Crippen LogP contribution is -2.29. The summed E-state index contributed by atoms with van der Waals surface area (Å²) in [5, 5.41) is 1.45. The van der Waals surface area contributed by atoms with E-state index in [-0.39, 0.29) is 12.5 Å². The Morgan fingerprint density at radius 2 is 2.40 bits per heavy atom. The zero-order chi connectivity index (χ0) is 11.1. The highest BCUT2D eigenvalue weighted by molar-refractivity contribution is 5.75. The van der Waals surface area contributed by atoms with E-state index in [0.717, 1.165) is 5.69 Å². The predicted octanol–water partition coefficient (Wildman–Crippen LogP) is 1.42. The molecule has 0 amide bonds. The molecule has 1 aromatic carbocycles. The Morgan fingerprint density at radius 3 is 2.93 bits per heavy atom. The van der Waals surface area contributed by atoms with Crippen molar-refractivity contribution in [3.8, 4) is 0 Å². The van der Waals surface area contributed by atoms with Crippen molar-refractivity contribution in [1.82, 2.24) is 0 Å². The lowest BCUT2D eigenvalue weighted by atomic mass is 10.3. The maximum absolute atomic E-state index is 11.2. The smallest absolute Gasteiger partial charge is 0.328 e. The number of anilines is 1.